The number of phenolic OH excluding ortho intramolecular Hbond substituents is 1. The van der Waals surface area contributed by atoms with Crippen molar-refractivity contribution in [3.05, 3.63) is 191 Å². The number of phenols is 1. The number of aryl methyl sites for hydroxylation is 2. The van der Waals surface area contributed by atoms with Crippen LogP contribution in [0, 0.1) is 13.8 Å². The molecule has 0 aliphatic carbocycles. The molecule has 0 radical (unpaired) electrons. The van der Waals surface area contributed by atoms with Crippen molar-refractivity contribution in [1.82, 2.24) is 14.5 Å². The highest BCUT2D eigenvalue weighted by Gasteiger charge is 2.33. The van der Waals surface area contributed by atoms with Gasteiger partial charge in [0, 0.05) is 24.2 Å². The normalized spacial score (nSPS) is 13.6. The Morgan fingerprint density at radius 3 is 1.85 bits per heavy atom. The Hall–Kier alpha value is -7.04. The molecule has 0 unspecified atom stereocenters. The SMILES string of the molecule is [2H]C([2H])([2H])c1cc(-c2c(C(C)(CC)CC)cccc2C(C)(CC)CC)ccc1-n1c(-c2cc(C([2H])(C)C)cc(C([2H])(C)C)c2O)nc2c(-c3cc(-c4ccccc4)cc(-c4cc(-c5ccc(C)cc5)ccn4)c3)cccc21. The largest absolute Gasteiger partial charge is 0.507 e. The van der Waals surface area contributed by atoms with E-state index in [1.54, 1.807) is 39.8 Å². The molecule has 9 aromatic rings. The van der Waals surface area contributed by atoms with Crippen LogP contribution < -0.4 is 0 Å². The summed E-state index contributed by atoms with van der Waals surface area (Å²) in [6.45, 7) is 20.0. The molecule has 2 heterocycles. The van der Waals surface area contributed by atoms with Crippen LogP contribution in [0.25, 0.3) is 83.9 Å². The second-order valence-corrected chi connectivity index (χ2v) is 20.8. The molecule has 0 fully saturated rings. The number of aromatic hydroxyl groups is 1. The van der Waals surface area contributed by atoms with Gasteiger partial charge >= 0.3 is 0 Å². The zero-order chi connectivity index (χ0) is 55.4. The molecule has 366 valence electrons. The van der Waals surface area contributed by atoms with Crippen molar-refractivity contribution in [1.29, 1.82) is 0 Å². The molecule has 4 heteroatoms. The molecule has 0 aliphatic rings. The third kappa shape index (κ3) is 9.21. The van der Waals surface area contributed by atoms with E-state index < -0.39 is 18.6 Å². The molecule has 4 nitrogen and oxygen atoms in total. The summed E-state index contributed by atoms with van der Waals surface area (Å²) in [5, 5.41) is 12.6. The van der Waals surface area contributed by atoms with Gasteiger partial charge in [-0.05, 0) is 183 Å². The first-order chi connectivity index (χ1) is 36.4. The average Bonchev–Trinajstić information content (AvgIpc) is 4.02. The van der Waals surface area contributed by atoms with Gasteiger partial charge in [-0.15, -0.1) is 0 Å². The van der Waals surface area contributed by atoms with Gasteiger partial charge in [0.15, 0.2) is 0 Å². The van der Waals surface area contributed by atoms with Crippen LogP contribution in [0.2, 0.25) is 0 Å². The van der Waals surface area contributed by atoms with Crippen LogP contribution in [0.15, 0.2) is 158 Å². The molecule has 0 spiro atoms. The molecule has 72 heavy (non-hydrogen) atoms. The fourth-order valence-corrected chi connectivity index (χ4v) is 10.5. The first-order valence-corrected chi connectivity index (χ1v) is 25.9. The lowest BCUT2D eigenvalue weighted by Crippen LogP contribution is -2.25. The number of hydrogen-bond acceptors (Lipinski definition) is 3. The number of hydrogen-bond donors (Lipinski definition) is 1. The van der Waals surface area contributed by atoms with Gasteiger partial charge in [-0.1, -0.05) is 172 Å². The zero-order valence-electron chi connectivity index (χ0n) is 49.1. The monoisotopic (exact) mass is 953 g/mol. The van der Waals surface area contributed by atoms with Crippen molar-refractivity contribution in [3.8, 4) is 78.6 Å². The zero-order valence-corrected chi connectivity index (χ0v) is 44.1. The summed E-state index contributed by atoms with van der Waals surface area (Å²) in [6.07, 6.45) is 5.49. The molecule has 0 bridgehead atoms. The number of pyridine rings is 1. The first kappa shape index (κ1) is 43.7. The lowest BCUT2D eigenvalue weighted by molar-refractivity contribution is 0.426. The number of imidazole rings is 1. The van der Waals surface area contributed by atoms with Gasteiger partial charge in [0.2, 0.25) is 0 Å². The number of fused-ring (bicyclic) bond motifs is 1. The van der Waals surface area contributed by atoms with Gasteiger partial charge in [0.05, 0.1) is 28.0 Å². The van der Waals surface area contributed by atoms with Crippen LogP contribution in [0.1, 0.15) is 147 Å². The van der Waals surface area contributed by atoms with Crippen LogP contribution in [0.3, 0.4) is 0 Å². The van der Waals surface area contributed by atoms with Crippen LogP contribution >= 0.6 is 0 Å². The molecule has 0 saturated heterocycles. The van der Waals surface area contributed by atoms with E-state index in [4.69, 9.17) is 9.97 Å². The van der Waals surface area contributed by atoms with Gasteiger partial charge in [-0.2, -0.15) is 0 Å². The average molecular weight is 953 g/mol. The van der Waals surface area contributed by atoms with Gasteiger partial charge in [-0.25, -0.2) is 4.98 Å². The van der Waals surface area contributed by atoms with Crippen molar-refractivity contribution >= 4 is 11.0 Å². The Morgan fingerprint density at radius 1 is 0.583 bits per heavy atom. The fraction of sp³-hybridized carbons (Fsp3) is 0.294. The highest BCUT2D eigenvalue weighted by molar-refractivity contribution is 5.98. The Morgan fingerprint density at radius 2 is 1.21 bits per heavy atom. The van der Waals surface area contributed by atoms with Crippen LogP contribution in [0.4, 0.5) is 0 Å². The molecule has 9 rings (SSSR count). The third-order valence-electron chi connectivity index (χ3n) is 16.0. The fourth-order valence-electron chi connectivity index (χ4n) is 10.5. The van der Waals surface area contributed by atoms with Crippen LogP contribution in [0.5, 0.6) is 5.75 Å². The number of para-hydroxylation sites is 1. The van der Waals surface area contributed by atoms with Crippen molar-refractivity contribution in [2.75, 3.05) is 0 Å². The van der Waals surface area contributed by atoms with Gasteiger partial charge in [0.25, 0.3) is 0 Å². The van der Waals surface area contributed by atoms with Gasteiger partial charge in [-0.3, -0.25) is 9.55 Å². The second kappa shape index (κ2) is 20.2. The molecule has 0 amide bonds. The summed E-state index contributed by atoms with van der Waals surface area (Å²) in [6, 6.07) is 51.4. The summed E-state index contributed by atoms with van der Waals surface area (Å²) in [7, 11) is 0. The minimum Gasteiger partial charge on any atom is -0.507 e. The lowest BCUT2D eigenvalue weighted by Gasteiger charge is -2.36. The van der Waals surface area contributed by atoms with E-state index in [0.717, 1.165) is 81.4 Å². The lowest BCUT2D eigenvalue weighted by atomic mass is 9.68. The maximum atomic E-state index is 12.6. The van der Waals surface area contributed by atoms with Crippen molar-refractivity contribution in [2.24, 2.45) is 0 Å². The Labute approximate surface area is 436 Å². The highest BCUT2D eigenvalue weighted by atomic mass is 16.3. The molecule has 0 saturated carbocycles. The summed E-state index contributed by atoms with van der Waals surface area (Å²) in [4.78, 5) is 10.5. The predicted molar refractivity (Wildman–Crippen MR) is 307 cm³/mol. The van der Waals surface area contributed by atoms with Crippen molar-refractivity contribution < 1.29 is 12.0 Å². The Balaban J connectivity index is 1.38. The van der Waals surface area contributed by atoms with E-state index >= 15 is 0 Å². The minimum atomic E-state index is -2.61. The summed E-state index contributed by atoms with van der Waals surface area (Å²) < 4.78 is 48.6. The molecular formula is C68H73N3O. The van der Waals surface area contributed by atoms with E-state index in [9.17, 15) is 12.0 Å². The molecule has 0 aliphatic heterocycles. The van der Waals surface area contributed by atoms with Gasteiger partial charge < -0.3 is 5.11 Å². The number of aromatic nitrogens is 3. The quantitative estimate of drug-likeness (QED) is 0.111. The molecule has 7 aromatic carbocycles. The van der Waals surface area contributed by atoms with E-state index in [2.05, 4.69) is 133 Å². The number of rotatable bonds is 15. The topological polar surface area (TPSA) is 50.9 Å². The minimum absolute atomic E-state index is 0.136. The highest BCUT2D eigenvalue weighted by Crippen LogP contribution is 2.48. The summed E-state index contributed by atoms with van der Waals surface area (Å²) in [5.74, 6) is -2.25. The van der Waals surface area contributed by atoms with Crippen molar-refractivity contribution in [3.63, 3.8) is 0 Å². The van der Waals surface area contributed by atoms with Gasteiger partial charge in [0.1, 0.15) is 11.6 Å². The predicted octanol–water partition coefficient (Wildman–Crippen LogP) is 19.1. The standard InChI is InChI=1S/C68H73N3O/c1-13-67(11,14-2)58-25-21-26-59(68(12,15-3)16-4)63(58)50-32-33-61(46(10)36-50)71-62-27-20-24-55(64(62)70-66(71)57-41-51(43(5)6)40-56(44(7)8)65(57)72)53-37-52(47-22-18-17-19-23-47)38-54(39-53)60-42-49(34-35-69-60)48-30-28-45(9)29-31-48/h17-44,72H,13-16H2,1-12H3/i10D3,43D,44D. The smallest absolute Gasteiger partial charge is 0.149 e. The van der Waals surface area contributed by atoms with E-state index in [1.165, 1.54) is 16.7 Å². The van der Waals surface area contributed by atoms with Crippen LogP contribution in [-0.2, 0) is 10.8 Å². The maximum Gasteiger partial charge on any atom is 0.149 e. The Kier molecular flexibility index (Phi) is 12.3. The van der Waals surface area contributed by atoms with E-state index in [0.29, 0.717) is 39.2 Å². The van der Waals surface area contributed by atoms with Crippen LogP contribution in [-0.4, -0.2) is 19.6 Å². The third-order valence-corrected chi connectivity index (χ3v) is 16.0. The Bertz CT molecular complexity index is 3590. The summed E-state index contributed by atoms with van der Waals surface area (Å²) >= 11 is 0. The molecule has 2 aromatic heterocycles. The molecule has 0 atom stereocenters. The van der Waals surface area contributed by atoms with E-state index in [-0.39, 0.29) is 22.1 Å². The molecule has 1 N–H and O–H groups in total. The first-order valence-electron chi connectivity index (χ1n) is 28.4. The summed E-state index contributed by atoms with van der Waals surface area (Å²) in [5.41, 5.74) is 15.6. The number of benzene rings is 7. The van der Waals surface area contributed by atoms with Crippen molar-refractivity contribution in [2.45, 2.75) is 131 Å². The van der Waals surface area contributed by atoms with E-state index in [1.807, 2.05) is 65.4 Å². The second-order valence-electron chi connectivity index (χ2n) is 20.8. The molecular weight excluding hydrogens is 875 g/mol. The number of nitrogens with zero attached hydrogens (tertiary/aromatic N) is 3. The maximum absolute atomic E-state index is 12.6.